The Kier molecular flexibility index (Phi) is 5.67. The maximum absolute atomic E-state index is 12.7. The highest BCUT2D eigenvalue weighted by Gasteiger charge is 2.22. The summed E-state index contributed by atoms with van der Waals surface area (Å²) in [5.41, 5.74) is 2.24. The van der Waals surface area contributed by atoms with Gasteiger partial charge in [0, 0.05) is 26.1 Å². The van der Waals surface area contributed by atoms with E-state index in [1.165, 1.54) is 5.56 Å². The second kappa shape index (κ2) is 8.33. The highest BCUT2D eigenvalue weighted by Crippen LogP contribution is 2.19. The lowest BCUT2D eigenvalue weighted by Gasteiger charge is -2.25. The topological polar surface area (TPSA) is 61.4 Å². The van der Waals surface area contributed by atoms with Crippen LogP contribution in [0.3, 0.4) is 0 Å². The third-order valence-electron chi connectivity index (χ3n) is 4.38. The molecule has 0 radical (unpaired) electrons. The average molecular weight is 337 g/mol. The highest BCUT2D eigenvalue weighted by molar-refractivity contribution is 5.79. The molecule has 2 aromatic carbocycles. The van der Waals surface area contributed by atoms with E-state index in [0.717, 1.165) is 12.0 Å². The minimum Gasteiger partial charge on any atom is -0.354 e. The van der Waals surface area contributed by atoms with Crippen molar-refractivity contribution in [3.8, 4) is 0 Å². The van der Waals surface area contributed by atoms with Gasteiger partial charge in [0.05, 0.1) is 6.04 Å². The first-order valence-corrected chi connectivity index (χ1v) is 8.63. The number of hydrogen-bond acceptors (Lipinski definition) is 2. The van der Waals surface area contributed by atoms with E-state index in [1.807, 2.05) is 48.5 Å². The number of nitrogens with zero attached hydrogens (tertiary/aromatic N) is 1. The van der Waals surface area contributed by atoms with Crippen LogP contribution in [0.5, 0.6) is 0 Å². The molecule has 2 N–H and O–H groups in total. The molecule has 0 bridgehead atoms. The van der Waals surface area contributed by atoms with E-state index < -0.39 is 0 Å². The van der Waals surface area contributed by atoms with E-state index >= 15 is 0 Å². The van der Waals surface area contributed by atoms with E-state index in [2.05, 4.69) is 22.8 Å². The van der Waals surface area contributed by atoms with Crippen molar-refractivity contribution in [3.63, 3.8) is 0 Å². The van der Waals surface area contributed by atoms with Gasteiger partial charge in [-0.05, 0) is 17.5 Å². The summed E-state index contributed by atoms with van der Waals surface area (Å²) in [4.78, 5) is 25.9. The smallest absolute Gasteiger partial charge is 0.317 e. The summed E-state index contributed by atoms with van der Waals surface area (Å²) in [6, 6.07) is 19.9. The Morgan fingerprint density at radius 1 is 1.04 bits per heavy atom. The lowest BCUT2D eigenvalue weighted by atomic mass is 9.99. The van der Waals surface area contributed by atoms with Crippen LogP contribution in [0, 0.1) is 0 Å². The molecule has 1 fully saturated rings. The van der Waals surface area contributed by atoms with Crippen molar-refractivity contribution in [1.29, 1.82) is 0 Å². The van der Waals surface area contributed by atoms with Crippen molar-refractivity contribution in [2.75, 3.05) is 19.6 Å². The lowest BCUT2D eigenvalue weighted by Crippen LogP contribution is -2.43. The SMILES string of the molecule is O=C1CCN(C(=O)NC(Cc2ccccc2)c2ccccc2)CCN1. The molecule has 5 heteroatoms. The van der Waals surface area contributed by atoms with Crippen LogP contribution in [-0.2, 0) is 11.2 Å². The van der Waals surface area contributed by atoms with Crippen molar-refractivity contribution < 1.29 is 9.59 Å². The number of carbonyl (C=O) groups is 2. The number of hydrogen-bond donors (Lipinski definition) is 2. The van der Waals surface area contributed by atoms with Crippen molar-refractivity contribution in [2.45, 2.75) is 18.9 Å². The summed E-state index contributed by atoms with van der Waals surface area (Å²) in [6.45, 7) is 1.48. The van der Waals surface area contributed by atoms with Crippen LogP contribution in [0.2, 0.25) is 0 Å². The second-order valence-electron chi connectivity index (χ2n) is 6.19. The van der Waals surface area contributed by atoms with Gasteiger partial charge in [0.1, 0.15) is 0 Å². The summed E-state index contributed by atoms with van der Waals surface area (Å²) < 4.78 is 0. The average Bonchev–Trinajstić information content (AvgIpc) is 2.87. The van der Waals surface area contributed by atoms with E-state index in [1.54, 1.807) is 4.90 Å². The minimum atomic E-state index is -0.124. The van der Waals surface area contributed by atoms with Crippen LogP contribution in [0.15, 0.2) is 60.7 Å². The standard InChI is InChI=1S/C20H23N3O2/c24-19-11-13-23(14-12-21-19)20(25)22-18(17-9-5-2-6-10-17)15-16-7-3-1-4-8-16/h1-10,18H,11-15H2,(H,21,24)(H,22,25). The largest absolute Gasteiger partial charge is 0.354 e. The predicted octanol–water partition coefficient (Wildman–Crippen LogP) is 2.50. The first-order valence-electron chi connectivity index (χ1n) is 8.63. The Morgan fingerprint density at radius 2 is 1.72 bits per heavy atom. The van der Waals surface area contributed by atoms with Gasteiger partial charge in [-0.15, -0.1) is 0 Å². The summed E-state index contributed by atoms with van der Waals surface area (Å²) in [6.07, 6.45) is 1.07. The van der Waals surface area contributed by atoms with Crippen LogP contribution in [0.4, 0.5) is 4.79 Å². The highest BCUT2D eigenvalue weighted by atomic mass is 16.2. The lowest BCUT2D eigenvalue weighted by molar-refractivity contribution is -0.120. The molecule has 0 aliphatic carbocycles. The number of nitrogens with one attached hydrogen (secondary N) is 2. The van der Waals surface area contributed by atoms with Gasteiger partial charge in [0.15, 0.2) is 0 Å². The van der Waals surface area contributed by atoms with Gasteiger partial charge in [-0.3, -0.25) is 4.79 Å². The molecular weight excluding hydrogens is 314 g/mol. The Labute approximate surface area is 148 Å². The molecule has 130 valence electrons. The zero-order valence-corrected chi connectivity index (χ0v) is 14.2. The van der Waals surface area contributed by atoms with E-state index in [4.69, 9.17) is 0 Å². The molecule has 0 saturated carbocycles. The summed E-state index contributed by atoms with van der Waals surface area (Å²) in [7, 11) is 0. The Balaban J connectivity index is 1.73. The first kappa shape index (κ1) is 17.0. The molecule has 1 heterocycles. The van der Waals surface area contributed by atoms with Crippen molar-refractivity contribution in [3.05, 3.63) is 71.8 Å². The molecule has 1 aliphatic heterocycles. The zero-order valence-electron chi connectivity index (χ0n) is 14.2. The minimum absolute atomic E-state index is 0.000745. The number of rotatable bonds is 4. The van der Waals surface area contributed by atoms with Gasteiger partial charge in [0.25, 0.3) is 0 Å². The Bertz CT molecular complexity index is 703. The summed E-state index contributed by atoms with van der Waals surface area (Å²) in [5, 5.41) is 5.94. The number of urea groups is 1. The van der Waals surface area contributed by atoms with Crippen molar-refractivity contribution in [2.24, 2.45) is 0 Å². The maximum Gasteiger partial charge on any atom is 0.317 e. The molecule has 1 atom stereocenters. The summed E-state index contributed by atoms with van der Waals surface area (Å²) >= 11 is 0. The maximum atomic E-state index is 12.7. The first-order chi connectivity index (χ1) is 12.2. The normalized spacial score (nSPS) is 15.8. The van der Waals surface area contributed by atoms with Crippen LogP contribution in [0.1, 0.15) is 23.6 Å². The third kappa shape index (κ3) is 4.83. The van der Waals surface area contributed by atoms with Gasteiger partial charge >= 0.3 is 6.03 Å². The molecule has 1 aliphatic rings. The molecule has 1 saturated heterocycles. The molecule has 0 spiro atoms. The van der Waals surface area contributed by atoms with E-state index in [9.17, 15) is 9.59 Å². The van der Waals surface area contributed by atoms with Gasteiger partial charge in [-0.2, -0.15) is 0 Å². The molecule has 1 unspecified atom stereocenters. The van der Waals surface area contributed by atoms with E-state index in [-0.39, 0.29) is 18.0 Å². The third-order valence-corrected chi connectivity index (χ3v) is 4.38. The molecule has 25 heavy (non-hydrogen) atoms. The molecule has 5 nitrogen and oxygen atoms in total. The van der Waals surface area contributed by atoms with Gasteiger partial charge < -0.3 is 15.5 Å². The van der Waals surface area contributed by atoms with Crippen molar-refractivity contribution in [1.82, 2.24) is 15.5 Å². The quantitative estimate of drug-likeness (QED) is 0.900. The fourth-order valence-electron chi connectivity index (χ4n) is 3.00. The van der Waals surface area contributed by atoms with Crippen LogP contribution >= 0.6 is 0 Å². The fourth-order valence-corrected chi connectivity index (χ4v) is 3.00. The van der Waals surface area contributed by atoms with Crippen molar-refractivity contribution >= 4 is 11.9 Å². The number of amides is 3. The number of carbonyl (C=O) groups excluding carboxylic acids is 2. The molecule has 2 aromatic rings. The van der Waals surface area contributed by atoms with Gasteiger partial charge in [0.2, 0.25) is 5.91 Å². The summed E-state index contributed by atoms with van der Waals surface area (Å²) in [5.74, 6) is -0.000745. The van der Waals surface area contributed by atoms with Crippen LogP contribution in [-0.4, -0.2) is 36.5 Å². The molecule has 0 aromatic heterocycles. The van der Waals surface area contributed by atoms with Crippen LogP contribution < -0.4 is 10.6 Å². The zero-order chi connectivity index (χ0) is 17.5. The predicted molar refractivity (Wildman–Crippen MR) is 97.1 cm³/mol. The molecule has 3 rings (SSSR count). The molecular formula is C20H23N3O2. The number of benzene rings is 2. The fraction of sp³-hybridized carbons (Fsp3) is 0.300. The van der Waals surface area contributed by atoms with Gasteiger partial charge in [-0.25, -0.2) is 4.79 Å². The monoisotopic (exact) mass is 337 g/mol. The van der Waals surface area contributed by atoms with Gasteiger partial charge in [-0.1, -0.05) is 60.7 Å². The van der Waals surface area contributed by atoms with Crippen LogP contribution in [0.25, 0.3) is 0 Å². The molecule has 3 amide bonds. The Morgan fingerprint density at radius 3 is 2.44 bits per heavy atom. The second-order valence-corrected chi connectivity index (χ2v) is 6.19. The van der Waals surface area contributed by atoms with E-state index in [0.29, 0.717) is 26.1 Å². The Hall–Kier alpha value is -2.82.